The van der Waals surface area contributed by atoms with E-state index in [9.17, 15) is 0 Å². The second-order valence-electron chi connectivity index (χ2n) is 2.95. The van der Waals surface area contributed by atoms with Gasteiger partial charge in [-0.3, -0.25) is 0 Å². The molecule has 3 heteroatoms. The van der Waals surface area contributed by atoms with E-state index in [0.29, 0.717) is 0 Å². The van der Waals surface area contributed by atoms with Crippen molar-refractivity contribution in [3.05, 3.63) is 23.2 Å². The summed E-state index contributed by atoms with van der Waals surface area (Å²) >= 11 is 5.82. The molecule has 1 aliphatic rings. The maximum atomic E-state index is 5.82. The number of rotatable bonds is 0. The molecule has 1 atom stereocenters. The molecule has 1 heterocycles. The van der Waals surface area contributed by atoms with Gasteiger partial charge in [0, 0.05) is 5.02 Å². The van der Waals surface area contributed by atoms with E-state index in [-0.39, 0.29) is 13.5 Å². The highest BCUT2D eigenvalue weighted by Crippen LogP contribution is 2.31. The van der Waals surface area contributed by atoms with Crippen LogP contribution in [0.1, 0.15) is 14.4 Å². The summed E-state index contributed by atoms with van der Waals surface area (Å²) in [6.45, 7) is 2.87. The zero-order chi connectivity index (χ0) is 8.55. The maximum absolute atomic E-state index is 5.82. The lowest BCUT2D eigenvalue weighted by Gasteiger charge is -2.24. The average molecular weight is 200 g/mol. The molecule has 1 N–H and O–H groups in total. The van der Waals surface area contributed by atoms with Gasteiger partial charge in [-0.2, -0.15) is 0 Å². The highest BCUT2D eigenvalue weighted by molar-refractivity contribution is 6.30. The molecule has 1 aliphatic heterocycles. The number of anilines is 1. The van der Waals surface area contributed by atoms with Gasteiger partial charge >= 0.3 is 0 Å². The number of fused-ring (bicyclic) bond motifs is 1. The fourth-order valence-corrected chi connectivity index (χ4v) is 1.43. The van der Waals surface area contributed by atoms with E-state index in [1.807, 2.05) is 25.1 Å². The molecule has 1 aromatic rings. The Balaban J connectivity index is 0.000000845. The fourth-order valence-electron chi connectivity index (χ4n) is 1.26. The Morgan fingerprint density at radius 3 is 3.08 bits per heavy atom. The number of benzene rings is 1. The monoisotopic (exact) mass is 199 g/mol. The lowest BCUT2D eigenvalue weighted by atomic mass is 10.2. The molecule has 1 aromatic carbocycles. The number of halogens is 1. The van der Waals surface area contributed by atoms with E-state index < -0.39 is 0 Å². The largest absolute Gasteiger partial charge is 0.487 e. The van der Waals surface area contributed by atoms with Crippen molar-refractivity contribution >= 4 is 17.3 Å². The molecule has 0 aromatic heterocycles. The summed E-state index contributed by atoms with van der Waals surface area (Å²) in [5.74, 6) is 0.887. The second-order valence-corrected chi connectivity index (χ2v) is 3.39. The second kappa shape index (κ2) is 3.88. The average Bonchev–Trinajstić information content (AvgIpc) is 2.05. The minimum Gasteiger partial charge on any atom is -0.487 e. The molecule has 0 fully saturated rings. The van der Waals surface area contributed by atoms with Crippen molar-refractivity contribution in [2.75, 3.05) is 11.9 Å². The van der Waals surface area contributed by atoms with Crippen LogP contribution in [0.5, 0.6) is 5.75 Å². The van der Waals surface area contributed by atoms with Crippen molar-refractivity contribution in [1.29, 1.82) is 0 Å². The van der Waals surface area contributed by atoms with Gasteiger partial charge in [-0.1, -0.05) is 19.0 Å². The normalized spacial score (nSPS) is 19.1. The van der Waals surface area contributed by atoms with Crippen molar-refractivity contribution in [3.63, 3.8) is 0 Å². The highest BCUT2D eigenvalue weighted by Gasteiger charge is 2.14. The van der Waals surface area contributed by atoms with Gasteiger partial charge in [-0.05, 0) is 25.1 Å². The Kier molecular flexibility index (Phi) is 3.04. The number of ether oxygens (including phenoxy) is 1. The van der Waals surface area contributed by atoms with Crippen molar-refractivity contribution in [3.8, 4) is 5.75 Å². The third-order valence-electron chi connectivity index (χ3n) is 1.85. The Morgan fingerprint density at radius 1 is 1.54 bits per heavy atom. The molecule has 0 radical (unpaired) electrons. The summed E-state index contributed by atoms with van der Waals surface area (Å²) in [5.41, 5.74) is 0.987. The summed E-state index contributed by atoms with van der Waals surface area (Å²) < 4.78 is 5.57. The third-order valence-corrected chi connectivity index (χ3v) is 2.08. The molecular weight excluding hydrogens is 186 g/mol. The van der Waals surface area contributed by atoms with Crippen molar-refractivity contribution in [1.82, 2.24) is 0 Å². The molecule has 0 spiro atoms. The van der Waals surface area contributed by atoms with Crippen molar-refractivity contribution < 1.29 is 4.74 Å². The Hall–Kier alpha value is -0.890. The van der Waals surface area contributed by atoms with E-state index in [0.717, 1.165) is 23.0 Å². The van der Waals surface area contributed by atoms with Crippen molar-refractivity contribution in [2.45, 2.75) is 20.5 Å². The van der Waals surface area contributed by atoms with Crippen LogP contribution in [0.3, 0.4) is 0 Å². The van der Waals surface area contributed by atoms with E-state index in [1.54, 1.807) is 0 Å². The molecule has 13 heavy (non-hydrogen) atoms. The molecule has 0 saturated carbocycles. The van der Waals surface area contributed by atoms with E-state index in [4.69, 9.17) is 16.3 Å². The third kappa shape index (κ3) is 2.07. The van der Waals surface area contributed by atoms with Gasteiger partial charge in [0.2, 0.25) is 0 Å². The molecule has 2 nitrogen and oxygen atoms in total. The van der Waals surface area contributed by atoms with Crippen LogP contribution in [-0.4, -0.2) is 12.6 Å². The number of hydrogen-bond donors (Lipinski definition) is 1. The van der Waals surface area contributed by atoms with Gasteiger partial charge in [0.25, 0.3) is 0 Å². The van der Waals surface area contributed by atoms with Crippen LogP contribution in [0, 0.1) is 0 Å². The van der Waals surface area contributed by atoms with Crippen LogP contribution in [0.25, 0.3) is 0 Å². The van der Waals surface area contributed by atoms with Crippen LogP contribution in [0.2, 0.25) is 5.02 Å². The molecule has 2 rings (SSSR count). The predicted molar refractivity (Wildman–Crippen MR) is 56.8 cm³/mol. The van der Waals surface area contributed by atoms with Crippen LogP contribution < -0.4 is 10.1 Å². The summed E-state index contributed by atoms with van der Waals surface area (Å²) in [6, 6.07) is 5.60. The van der Waals surface area contributed by atoms with Gasteiger partial charge < -0.3 is 10.1 Å². The Labute approximate surface area is 83.9 Å². The predicted octanol–water partition coefficient (Wildman–Crippen LogP) is 3.17. The fraction of sp³-hybridized carbons (Fsp3) is 0.400. The number of nitrogens with one attached hydrogen (secondary N) is 1. The molecule has 0 aliphatic carbocycles. The van der Waals surface area contributed by atoms with Crippen LogP contribution in [0.15, 0.2) is 18.2 Å². The molecular formula is C10H14ClNO. The van der Waals surface area contributed by atoms with E-state index in [1.165, 1.54) is 0 Å². The molecule has 0 saturated heterocycles. The zero-order valence-electron chi connectivity index (χ0n) is 6.80. The van der Waals surface area contributed by atoms with Gasteiger partial charge in [-0.15, -0.1) is 0 Å². The first-order valence-electron chi connectivity index (χ1n) is 3.96. The maximum Gasteiger partial charge on any atom is 0.142 e. The summed E-state index contributed by atoms with van der Waals surface area (Å²) in [4.78, 5) is 0. The Bertz CT molecular complexity index is 301. The Morgan fingerprint density at radius 2 is 2.31 bits per heavy atom. The van der Waals surface area contributed by atoms with Crippen molar-refractivity contribution in [2.24, 2.45) is 0 Å². The van der Waals surface area contributed by atoms with E-state index in [2.05, 4.69) is 5.32 Å². The first kappa shape index (κ1) is 10.2. The first-order valence-corrected chi connectivity index (χ1v) is 4.33. The summed E-state index contributed by atoms with van der Waals surface area (Å²) in [7, 11) is 0. The molecule has 0 bridgehead atoms. The molecule has 0 amide bonds. The molecule has 72 valence electrons. The highest BCUT2D eigenvalue weighted by atomic mass is 35.5. The van der Waals surface area contributed by atoms with Gasteiger partial charge in [0.05, 0.1) is 12.2 Å². The quantitative estimate of drug-likeness (QED) is 0.693. The standard InChI is InChI=1S/C9H10ClNO.CH4/c1-6-5-11-8-4-7(10)2-3-9(8)12-6;/h2-4,6,11H,5H2,1H3;1H4. The van der Waals surface area contributed by atoms with Crippen LogP contribution >= 0.6 is 11.6 Å². The number of hydrogen-bond acceptors (Lipinski definition) is 2. The minimum absolute atomic E-state index is 0. The van der Waals surface area contributed by atoms with Gasteiger partial charge in [0.1, 0.15) is 11.9 Å². The first-order chi connectivity index (χ1) is 5.75. The minimum atomic E-state index is 0. The van der Waals surface area contributed by atoms with Gasteiger partial charge in [0.15, 0.2) is 0 Å². The van der Waals surface area contributed by atoms with Gasteiger partial charge in [-0.25, -0.2) is 0 Å². The lowest BCUT2D eigenvalue weighted by Crippen LogP contribution is -2.27. The zero-order valence-corrected chi connectivity index (χ0v) is 7.56. The summed E-state index contributed by atoms with van der Waals surface area (Å²) in [6.07, 6.45) is 0.235. The van der Waals surface area contributed by atoms with E-state index >= 15 is 0 Å². The van der Waals surface area contributed by atoms with Crippen LogP contribution in [0.4, 0.5) is 5.69 Å². The topological polar surface area (TPSA) is 21.3 Å². The SMILES string of the molecule is C.CC1CNc2cc(Cl)ccc2O1. The van der Waals surface area contributed by atoms with Crippen LogP contribution in [-0.2, 0) is 0 Å². The smallest absolute Gasteiger partial charge is 0.142 e. The molecule has 1 unspecified atom stereocenters. The summed E-state index contributed by atoms with van der Waals surface area (Å²) in [5, 5.41) is 3.98. The lowest BCUT2D eigenvalue weighted by molar-refractivity contribution is 0.226.